The summed E-state index contributed by atoms with van der Waals surface area (Å²) in [5.74, 6) is -0.306. The predicted octanol–water partition coefficient (Wildman–Crippen LogP) is 3.26. The zero-order valence-corrected chi connectivity index (χ0v) is 12.2. The van der Waals surface area contributed by atoms with Crippen molar-refractivity contribution in [1.82, 2.24) is 4.98 Å². The molecule has 2 aromatic rings. The van der Waals surface area contributed by atoms with Crippen molar-refractivity contribution in [2.75, 3.05) is 7.11 Å². The molecule has 0 aliphatic rings. The van der Waals surface area contributed by atoms with Crippen LogP contribution in [-0.4, -0.2) is 23.2 Å². The monoisotopic (exact) mass is 285 g/mol. The Morgan fingerprint density at radius 1 is 1.29 bits per heavy atom. The molecule has 0 saturated carbocycles. The number of carbonyl (C=O) groups is 1. The van der Waals surface area contributed by atoms with Crippen LogP contribution in [0.4, 0.5) is 0 Å². The molecule has 0 saturated heterocycles. The van der Waals surface area contributed by atoms with E-state index in [4.69, 9.17) is 4.74 Å². The van der Waals surface area contributed by atoms with Crippen molar-refractivity contribution < 1.29 is 14.6 Å². The van der Waals surface area contributed by atoms with E-state index in [2.05, 4.69) is 4.98 Å². The largest absolute Gasteiger partial charge is 0.496 e. The highest BCUT2D eigenvalue weighted by Crippen LogP contribution is 2.41. The second-order valence-corrected chi connectivity index (χ2v) is 4.90. The second kappa shape index (κ2) is 6.39. The van der Waals surface area contributed by atoms with Crippen molar-refractivity contribution in [2.24, 2.45) is 0 Å². The predicted molar refractivity (Wildman–Crippen MR) is 80.6 cm³/mol. The highest BCUT2D eigenvalue weighted by atomic mass is 16.5. The normalized spacial score (nSPS) is 13.4. The van der Waals surface area contributed by atoms with Gasteiger partial charge in [-0.1, -0.05) is 37.6 Å². The molecule has 0 spiro atoms. The van der Waals surface area contributed by atoms with Crippen LogP contribution in [0.25, 0.3) is 0 Å². The molecule has 4 nitrogen and oxygen atoms in total. The third-order valence-corrected chi connectivity index (χ3v) is 3.71. The van der Waals surface area contributed by atoms with Gasteiger partial charge in [0, 0.05) is 18.0 Å². The van der Waals surface area contributed by atoms with Crippen LogP contribution in [-0.2, 0) is 10.2 Å². The van der Waals surface area contributed by atoms with Gasteiger partial charge in [-0.3, -0.25) is 9.78 Å². The van der Waals surface area contributed by atoms with Crippen molar-refractivity contribution in [3.05, 3.63) is 59.9 Å². The van der Waals surface area contributed by atoms with Crippen molar-refractivity contribution in [3.8, 4) is 5.75 Å². The SMILES string of the molecule is CCCC(C(=O)O)(c1cccnc1)c1ccccc1OC. The number of carboxylic acid groups (broad SMARTS) is 1. The van der Waals surface area contributed by atoms with E-state index >= 15 is 0 Å². The topological polar surface area (TPSA) is 59.4 Å². The Hall–Kier alpha value is -2.36. The summed E-state index contributed by atoms with van der Waals surface area (Å²) in [6.45, 7) is 1.98. The molecule has 110 valence electrons. The summed E-state index contributed by atoms with van der Waals surface area (Å²) < 4.78 is 5.39. The molecule has 1 N–H and O–H groups in total. The molecule has 1 unspecified atom stereocenters. The zero-order chi connectivity index (χ0) is 15.3. The molecule has 0 bridgehead atoms. The number of aromatic nitrogens is 1. The molecule has 0 aliphatic carbocycles. The average molecular weight is 285 g/mol. The van der Waals surface area contributed by atoms with Gasteiger partial charge in [0.1, 0.15) is 11.2 Å². The van der Waals surface area contributed by atoms with Crippen LogP contribution in [0.5, 0.6) is 5.75 Å². The Kier molecular flexibility index (Phi) is 4.58. The van der Waals surface area contributed by atoms with Gasteiger partial charge in [-0.15, -0.1) is 0 Å². The first-order valence-corrected chi connectivity index (χ1v) is 6.94. The fourth-order valence-corrected chi connectivity index (χ4v) is 2.77. The minimum absolute atomic E-state index is 0.481. The highest BCUT2D eigenvalue weighted by molar-refractivity contribution is 5.87. The summed E-state index contributed by atoms with van der Waals surface area (Å²) in [5.41, 5.74) is 0.189. The molecule has 0 radical (unpaired) electrons. The fraction of sp³-hybridized carbons (Fsp3) is 0.294. The van der Waals surface area contributed by atoms with E-state index < -0.39 is 11.4 Å². The first kappa shape index (κ1) is 15.0. The number of ether oxygens (including phenoxy) is 1. The van der Waals surface area contributed by atoms with Gasteiger partial charge < -0.3 is 9.84 Å². The Labute approximate surface area is 124 Å². The van der Waals surface area contributed by atoms with Gasteiger partial charge in [-0.25, -0.2) is 0 Å². The molecule has 0 fully saturated rings. The highest BCUT2D eigenvalue weighted by Gasteiger charge is 2.43. The van der Waals surface area contributed by atoms with E-state index in [0.717, 1.165) is 6.42 Å². The van der Waals surface area contributed by atoms with E-state index in [0.29, 0.717) is 23.3 Å². The van der Waals surface area contributed by atoms with E-state index in [1.807, 2.05) is 31.2 Å². The summed E-state index contributed by atoms with van der Waals surface area (Å²) in [6, 6.07) is 10.8. The smallest absolute Gasteiger partial charge is 0.318 e. The van der Waals surface area contributed by atoms with Crippen LogP contribution in [0, 0.1) is 0 Å². The van der Waals surface area contributed by atoms with E-state index in [1.54, 1.807) is 31.6 Å². The molecule has 4 heteroatoms. The molecule has 1 aromatic carbocycles. The third kappa shape index (κ3) is 2.61. The lowest BCUT2D eigenvalue weighted by Crippen LogP contribution is -2.37. The number of hydrogen-bond acceptors (Lipinski definition) is 3. The van der Waals surface area contributed by atoms with Crippen molar-refractivity contribution in [3.63, 3.8) is 0 Å². The van der Waals surface area contributed by atoms with Crippen LogP contribution in [0.2, 0.25) is 0 Å². The van der Waals surface area contributed by atoms with Crippen molar-refractivity contribution >= 4 is 5.97 Å². The minimum Gasteiger partial charge on any atom is -0.496 e. The summed E-state index contributed by atoms with van der Waals surface area (Å²) in [5, 5.41) is 10.00. The summed E-state index contributed by atoms with van der Waals surface area (Å²) in [7, 11) is 1.56. The summed E-state index contributed by atoms with van der Waals surface area (Å²) in [6.07, 6.45) is 4.48. The molecular weight excluding hydrogens is 266 g/mol. The first-order valence-electron chi connectivity index (χ1n) is 6.94. The maximum Gasteiger partial charge on any atom is 0.318 e. The van der Waals surface area contributed by atoms with Gasteiger partial charge in [-0.2, -0.15) is 0 Å². The maximum absolute atomic E-state index is 12.2. The number of hydrogen-bond donors (Lipinski definition) is 1. The average Bonchev–Trinajstić information content (AvgIpc) is 2.53. The molecule has 1 aromatic heterocycles. The summed E-state index contributed by atoms with van der Waals surface area (Å²) in [4.78, 5) is 16.3. The standard InChI is InChI=1S/C17H19NO3/c1-3-10-17(16(19)20,13-7-6-11-18-12-13)14-8-4-5-9-15(14)21-2/h4-9,11-12H,3,10H2,1-2H3,(H,19,20). The number of rotatable bonds is 6. The summed E-state index contributed by atoms with van der Waals surface area (Å²) >= 11 is 0. The van der Waals surface area contributed by atoms with E-state index in [-0.39, 0.29) is 0 Å². The lowest BCUT2D eigenvalue weighted by Gasteiger charge is -2.31. The van der Waals surface area contributed by atoms with Crippen LogP contribution < -0.4 is 4.74 Å². The van der Waals surface area contributed by atoms with Gasteiger partial charge in [0.15, 0.2) is 0 Å². The Balaban J connectivity index is 2.74. The van der Waals surface area contributed by atoms with Crippen molar-refractivity contribution in [2.45, 2.75) is 25.2 Å². The molecular formula is C17H19NO3. The van der Waals surface area contributed by atoms with Gasteiger partial charge >= 0.3 is 5.97 Å². The van der Waals surface area contributed by atoms with E-state index in [1.165, 1.54) is 0 Å². The molecule has 1 atom stereocenters. The number of carboxylic acids is 1. The van der Waals surface area contributed by atoms with E-state index in [9.17, 15) is 9.90 Å². The quantitative estimate of drug-likeness (QED) is 0.885. The fourth-order valence-electron chi connectivity index (χ4n) is 2.77. The molecule has 0 aliphatic heterocycles. The Bertz CT molecular complexity index is 612. The molecule has 2 rings (SSSR count). The van der Waals surface area contributed by atoms with Gasteiger partial charge in [0.2, 0.25) is 0 Å². The second-order valence-electron chi connectivity index (χ2n) is 4.90. The Morgan fingerprint density at radius 3 is 2.62 bits per heavy atom. The van der Waals surface area contributed by atoms with Gasteiger partial charge in [0.05, 0.1) is 7.11 Å². The number of para-hydroxylation sites is 1. The number of aliphatic carboxylic acids is 1. The van der Waals surface area contributed by atoms with Gasteiger partial charge in [-0.05, 0) is 24.1 Å². The number of benzene rings is 1. The maximum atomic E-state index is 12.2. The minimum atomic E-state index is -1.14. The molecule has 21 heavy (non-hydrogen) atoms. The third-order valence-electron chi connectivity index (χ3n) is 3.71. The number of pyridine rings is 1. The lowest BCUT2D eigenvalue weighted by molar-refractivity contribution is -0.142. The first-order chi connectivity index (χ1) is 10.2. The lowest BCUT2D eigenvalue weighted by atomic mass is 9.71. The Morgan fingerprint density at radius 2 is 2.05 bits per heavy atom. The van der Waals surface area contributed by atoms with Gasteiger partial charge in [0.25, 0.3) is 0 Å². The van der Waals surface area contributed by atoms with Crippen LogP contribution in [0.15, 0.2) is 48.8 Å². The van der Waals surface area contributed by atoms with Crippen molar-refractivity contribution in [1.29, 1.82) is 0 Å². The molecule has 1 heterocycles. The number of nitrogens with zero attached hydrogens (tertiary/aromatic N) is 1. The molecule has 0 amide bonds. The van der Waals surface area contributed by atoms with Crippen LogP contribution in [0.3, 0.4) is 0 Å². The number of methoxy groups -OCH3 is 1. The van der Waals surface area contributed by atoms with Crippen LogP contribution >= 0.6 is 0 Å². The zero-order valence-electron chi connectivity index (χ0n) is 12.2. The van der Waals surface area contributed by atoms with Crippen LogP contribution in [0.1, 0.15) is 30.9 Å².